The second-order valence-corrected chi connectivity index (χ2v) is 2.12. The molecule has 0 spiro atoms. The Balaban J connectivity index is 0. The minimum absolute atomic E-state index is 0. The molecule has 3 N–H and O–H groups in total. The highest BCUT2D eigenvalue weighted by molar-refractivity contribution is 5.85. The Labute approximate surface area is 93.0 Å². The third-order valence-corrected chi connectivity index (χ3v) is 1.19. The summed E-state index contributed by atoms with van der Waals surface area (Å²) in [6.07, 6.45) is 1.46. The molecule has 0 amide bonds. The van der Waals surface area contributed by atoms with Crippen molar-refractivity contribution in [1.82, 2.24) is 4.98 Å². The molecular weight excluding hydrogens is 231 g/mol. The molecule has 1 rings (SSSR count). The highest BCUT2D eigenvalue weighted by Gasteiger charge is 2.01. The topological polar surface area (TPSA) is 82.5 Å². The zero-order valence-corrected chi connectivity index (χ0v) is 8.64. The first-order valence-corrected chi connectivity index (χ1v) is 3.30. The number of hydrogen-bond acceptors (Lipinski definition) is 4. The van der Waals surface area contributed by atoms with Crippen LogP contribution in [0.15, 0.2) is 18.3 Å². The molecule has 1 heterocycles. The second kappa shape index (κ2) is 7.23. The second-order valence-electron chi connectivity index (χ2n) is 2.12. The maximum Gasteiger partial charge on any atom is 0.322 e. The van der Waals surface area contributed by atoms with Crippen molar-refractivity contribution in [3.63, 3.8) is 0 Å². The number of nitrogens with one attached hydrogen (secondary N) is 1. The van der Waals surface area contributed by atoms with Gasteiger partial charge in [0.15, 0.2) is 11.6 Å². The molecule has 1 aromatic heterocycles. The lowest BCUT2D eigenvalue weighted by molar-refractivity contribution is -0.134. The molecular formula is C7H10Cl2N2O3. The van der Waals surface area contributed by atoms with Gasteiger partial charge in [-0.15, -0.1) is 24.8 Å². The zero-order valence-electron chi connectivity index (χ0n) is 7.01. The van der Waals surface area contributed by atoms with Crippen LogP contribution in [-0.2, 0) is 4.79 Å². The molecule has 1 aromatic rings. The number of carboxylic acids is 1. The van der Waals surface area contributed by atoms with E-state index in [4.69, 9.17) is 10.2 Å². The van der Waals surface area contributed by atoms with Gasteiger partial charge in [-0.1, -0.05) is 0 Å². The van der Waals surface area contributed by atoms with Crippen molar-refractivity contribution < 1.29 is 15.0 Å². The fraction of sp³-hybridized carbons (Fsp3) is 0.143. The lowest BCUT2D eigenvalue weighted by Gasteiger charge is -2.02. The molecule has 0 aliphatic carbocycles. The van der Waals surface area contributed by atoms with Crippen LogP contribution in [0.2, 0.25) is 0 Å². The number of aromatic hydroxyl groups is 1. The van der Waals surface area contributed by atoms with E-state index in [9.17, 15) is 4.79 Å². The molecule has 0 unspecified atom stereocenters. The van der Waals surface area contributed by atoms with E-state index in [1.807, 2.05) is 0 Å². The van der Waals surface area contributed by atoms with Crippen LogP contribution in [-0.4, -0.2) is 27.7 Å². The van der Waals surface area contributed by atoms with Crippen LogP contribution in [0.25, 0.3) is 0 Å². The Morgan fingerprint density at radius 3 is 2.64 bits per heavy atom. The van der Waals surface area contributed by atoms with E-state index in [0.29, 0.717) is 0 Å². The number of anilines is 1. The van der Waals surface area contributed by atoms with Crippen molar-refractivity contribution in [2.24, 2.45) is 0 Å². The molecule has 0 saturated carbocycles. The summed E-state index contributed by atoms with van der Waals surface area (Å²) >= 11 is 0. The Hall–Kier alpha value is -1.20. The molecule has 0 fully saturated rings. The third-order valence-electron chi connectivity index (χ3n) is 1.19. The van der Waals surface area contributed by atoms with Gasteiger partial charge in [-0.05, 0) is 12.1 Å². The summed E-state index contributed by atoms with van der Waals surface area (Å²) in [4.78, 5) is 13.8. The number of hydrogen-bond donors (Lipinski definition) is 3. The van der Waals surface area contributed by atoms with E-state index in [-0.39, 0.29) is 42.9 Å². The van der Waals surface area contributed by atoms with Crippen LogP contribution < -0.4 is 5.32 Å². The molecule has 0 aliphatic heterocycles. The number of aromatic nitrogens is 1. The van der Waals surface area contributed by atoms with Crippen molar-refractivity contribution in [2.45, 2.75) is 0 Å². The van der Waals surface area contributed by atoms with E-state index in [1.54, 1.807) is 6.07 Å². The fourth-order valence-corrected chi connectivity index (χ4v) is 0.692. The van der Waals surface area contributed by atoms with Crippen molar-refractivity contribution >= 4 is 36.6 Å². The van der Waals surface area contributed by atoms with E-state index in [0.717, 1.165) is 0 Å². The number of rotatable bonds is 3. The van der Waals surface area contributed by atoms with Gasteiger partial charge in [0.25, 0.3) is 0 Å². The Bertz CT molecular complexity index is 296. The number of carboxylic acid groups (broad SMARTS) is 1. The number of carbonyl (C=O) groups is 1. The van der Waals surface area contributed by atoms with Gasteiger partial charge in [-0.25, -0.2) is 4.98 Å². The van der Waals surface area contributed by atoms with Crippen LogP contribution >= 0.6 is 24.8 Å². The quantitative estimate of drug-likeness (QED) is 0.738. The van der Waals surface area contributed by atoms with Crippen molar-refractivity contribution in [3.8, 4) is 5.75 Å². The normalized spacial score (nSPS) is 8.00. The first-order valence-electron chi connectivity index (χ1n) is 3.30. The van der Waals surface area contributed by atoms with Gasteiger partial charge < -0.3 is 15.5 Å². The number of aliphatic carboxylic acids is 1. The number of halogens is 2. The molecule has 0 aliphatic rings. The van der Waals surface area contributed by atoms with Crippen LogP contribution in [0, 0.1) is 0 Å². The van der Waals surface area contributed by atoms with Crippen LogP contribution in [0.5, 0.6) is 5.75 Å². The van der Waals surface area contributed by atoms with Crippen LogP contribution in [0.1, 0.15) is 0 Å². The molecule has 0 saturated heterocycles. The van der Waals surface area contributed by atoms with E-state index in [1.165, 1.54) is 12.3 Å². The highest BCUT2D eigenvalue weighted by Crippen LogP contribution is 2.17. The van der Waals surface area contributed by atoms with Gasteiger partial charge in [0, 0.05) is 6.20 Å². The minimum atomic E-state index is -1.000. The van der Waals surface area contributed by atoms with Gasteiger partial charge in [0.1, 0.15) is 6.54 Å². The lowest BCUT2D eigenvalue weighted by atomic mass is 10.4. The predicted octanol–water partition coefficient (Wildman–Crippen LogP) is 1.13. The molecule has 14 heavy (non-hydrogen) atoms. The maximum absolute atomic E-state index is 10.1. The smallest absolute Gasteiger partial charge is 0.322 e. The van der Waals surface area contributed by atoms with Crippen molar-refractivity contribution in [2.75, 3.05) is 11.9 Å². The summed E-state index contributed by atoms with van der Waals surface area (Å²) in [6.45, 7) is -0.259. The molecule has 0 radical (unpaired) electrons. The van der Waals surface area contributed by atoms with Gasteiger partial charge in [0.2, 0.25) is 0 Å². The molecule has 0 bridgehead atoms. The molecule has 5 nitrogen and oxygen atoms in total. The largest absolute Gasteiger partial charge is 0.504 e. The maximum atomic E-state index is 10.1. The standard InChI is InChI=1S/C7H8N2O3.2ClH/c10-5-2-1-3-8-7(5)9-4-6(11)12;;/h1-3,10H,4H2,(H,8,9)(H,11,12);2*1H. The van der Waals surface area contributed by atoms with E-state index < -0.39 is 5.97 Å². The summed E-state index contributed by atoms with van der Waals surface area (Å²) in [5.41, 5.74) is 0. The van der Waals surface area contributed by atoms with Gasteiger partial charge >= 0.3 is 5.97 Å². The van der Waals surface area contributed by atoms with Gasteiger partial charge in [0.05, 0.1) is 0 Å². The summed E-state index contributed by atoms with van der Waals surface area (Å²) in [5, 5.41) is 19.9. The monoisotopic (exact) mass is 240 g/mol. The minimum Gasteiger partial charge on any atom is -0.504 e. The molecule has 0 aromatic carbocycles. The third kappa shape index (κ3) is 4.74. The molecule has 0 atom stereocenters. The molecule has 7 heteroatoms. The van der Waals surface area contributed by atoms with E-state index >= 15 is 0 Å². The van der Waals surface area contributed by atoms with Gasteiger partial charge in [-0.2, -0.15) is 0 Å². The van der Waals surface area contributed by atoms with Crippen LogP contribution in [0.3, 0.4) is 0 Å². The van der Waals surface area contributed by atoms with E-state index in [2.05, 4.69) is 10.3 Å². The summed E-state index contributed by atoms with van der Waals surface area (Å²) in [6, 6.07) is 2.98. The number of nitrogens with zero attached hydrogens (tertiary/aromatic N) is 1. The predicted molar refractivity (Wildman–Crippen MR) is 56.5 cm³/mol. The first kappa shape index (κ1) is 15.3. The summed E-state index contributed by atoms with van der Waals surface area (Å²) < 4.78 is 0. The summed E-state index contributed by atoms with van der Waals surface area (Å²) in [7, 11) is 0. The first-order chi connectivity index (χ1) is 5.70. The average Bonchev–Trinajstić information content (AvgIpc) is 2.03. The van der Waals surface area contributed by atoms with Crippen LogP contribution in [0.4, 0.5) is 5.82 Å². The Morgan fingerprint density at radius 2 is 2.14 bits per heavy atom. The molecule has 80 valence electrons. The number of pyridine rings is 1. The Kier molecular flexibility index (Phi) is 7.89. The van der Waals surface area contributed by atoms with Crippen molar-refractivity contribution in [3.05, 3.63) is 18.3 Å². The SMILES string of the molecule is Cl.Cl.O=C(O)CNc1ncccc1O. The zero-order chi connectivity index (χ0) is 8.97. The lowest BCUT2D eigenvalue weighted by Crippen LogP contribution is -2.13. The highest BCUT2D eigenvalue weighted by atomic mass is 35.5. The average molecular weight is 241 g/mol. The van der Waals surface area contributed by atoms with Crippen molar-refractivity contribution in [1.29, 1.82) is 0 Å². The summed E-state index contributed by atoms with van der Waals surface area (Å²) in [5.74, 6) is -0.876. The Morgan fingerprint density at radius 1 is 1.50 bits per heavy atom. The fourth-order valence-electron chi connectivity index (χ4n) is 0.692. The van der Waals surface area contributed by atoms with Gasteiger partial charge in [-0.3, -0.25) is 4.79 Å².